The number of nitrogens with zero attached hydrogens (tertiary/aromatic N) is 3. The summed E-state index contributed by atoms with van der Waals surface area (Å²) in [5.74, 6) is 2.17. The Morgan fingerprint density at radius 1 is 1.46 bits per heavy atom. The predicted molar refractivity (Wildman–Crippen MR) is 50.4 cm³/mol. The largest absolute Gasteiger partial charge is 0.329 e. The molecule has 0 unspecified atom stereocenters. The van der Waals surface area contributed by atoms with E-state index in [1.165, 1.54) is 6.42 Å². The fraction of sp³-hybridized carbons (Fsp3) is 0.778. The second-order valence-electron chi connectivity index (χ2n) is 4.28. The van der Waals surface area contributed by atoms with Crippen LogP contribution in [0, 0.1) is 0 Å². The van der Waals surface area contributed by atoms with Gasteiger partial charge in [0.05, 0.1) is 0 Å². The van der Waals surface area contributed by atoms with Crippen molar-refractivity contribution >= 4 is 0 Å². The van der Waals surface area contributed by atoms with Crippen molar-refractivity contribution in [3.05, 3.63) is 11.6 Å². The average Bonchev–Trinajstić information content (AvgIpc) is 2.62. The zero-order valence-corrected chi connectivity index (χ0v) is 8.25. The Morgan fingerprint density at radius 3 is 2.92 bits per heavy atom. The third kappa shape index (κ3) is 1.25. The van der Waals surface area contributed by atoms with Crippen molar-refractivity contribution in [1.29, 1.82) is 0 Å². The minimum Gasteiger partial charge on any atom is -0.329 e. The van der Waals surface area contributed by atoms with Crippen LogP contribution in [0.1, 0.15) is 31.9 Å². The molecule has 2 rings (SSSR count). The lowest BCUT2D eigenvalue weighted by atomic mass is 9.93. The van der Waals surface area contributed by atoms with Gasteiger partial charge in [-0.15, -0.1) is 10.2 Å². The molecule has 1 aliphatic heterocycles. The molecular formula is C9H16N4. The fourth-order valence-corrected chi connectivity index (χ4v) is 1.74. The SMILES string of the molecule is CC(C)(CN)c1nnc2n1CCC2. The molecule has 0 saturated carbocycles. The van der Waals surface area contributed by atoms with Crippen molar-refractivity contribution in [2.45, 2.75) is 38.6 Å². The Labute approximate surface area is 78.1 Å². The van der Waals surface area contributed by atoms with E-state index in [2.05, 4.69) is 28.6 Å². The van der Waals surface area contributed by atoms with Crippen molar-refractivity contribution in [3.63, 3.8) is 0 Å². The van der Waals surface area contributed by atoms with Gasteiger partial charge in [0.2, 0.25) is 0 Å². The summed E-state index contributed by atoms with van der Waals surface area (Å²) < 4.78 is 2.22. The highest BCUT2D eigenvalue weighted by Gasteiger charge is 2.28. The number of rotatable bonds is 2. The van der Waals surface area contributed by atoms with Gasteiger partial charge >= 0.3 is 0 Å². The molecule has 4 nitrogen and oxygen atoms in total. The second kappa shape index (κ2) is 2.80. The summed E-state index contributed by atoms with van der Waals surface area (Å²) in [4.78, 5) is 0. The monoisotopic (exact) mass is 180 g/mol. The Morgan fingerprint density at radius 2 is 2.23 bits per heavy atom. The Balaban J connectivity index is 2.41. The summed E-state index contributed by atoms with van der Waals surface area (Å²) >= 11 is 0. The Bertz CT molecular complexity index is 313. The summed E-state index contributed by atoms with van der Waals surface area (Å²) in [6, 6.07) is 0. The normalized spacial score (nSPS) is 16.2. The first-order valence-corrected chi connectivity index (χ1v) is 4.78. The number of fused-ring (bicyclic) bond motifs is 1. The molecule has 1 aliphatic rings. The second-order valence-corrected chi connectivity index (χ2v) is 4.28. The zero-order chi connectivity index (χ0) is 9.47. The fourth-order valence-electron chi connectivity index (χ4n) is 1.74. The topological polar surface area (TPSA) is 56.7 Å². The molecule has 1 aromatic rings. The predicted octanol–water partition coefficient (Wildman–Crippen LogP) is 0.461. The molecule has 0 spiro atoms. The molecule has 0 fully saturated rings. The molecule has 0 aliphatic carbocycles. The van der Waals surface area contributed by atoms with E-state index in [0.29, 0.717) is 6.54 Å². The molecular weight excluding hydrogens is 164 g/mol. The minimum atomic E-state index is -0.0460. The standard InChI is InChI=1S/C9H16N4/c1-9(2,6-10)8-12-11-7-4-3-5-13(7)8/h3-6,10H2,1-2H3. The van der Waals surface area contributed by atoms with Crippen LogP contribution in [-0.4, -0.2) is 21.3 Å². The molecule has 2 heterocycles. The lowest BCUT2D eigenvalue weighted by Gasteiger charge is -2.21. The van der Waals surface area contributed by atoms with Crippen LogP contribution in [0.15, 0.2) is 0 Å². The molecule has 4 heteroatoms. The van der Waals surface area contributed by atoms with Crippen LogP contribution in [0.4, 0.5) is 0 Å². The van der Waals surface area contributed by atoms with Crippen LogP contribution in [0.3, 0.4) is 0 Å². The first-order valence-electron chi connectivity index (χ1n) is 4.78. The number of hydrogen-bond acceptors (Lipinski definition) is 3. The quantitative estimate of drug-likeness (QED) is 0.719. The van der Waals surface area contributed by atoms with Crippen LogP contribution in [0.5, 0.6) is 0 Å². The lowest BCUT2D eigenvalue weighted by Crippen LogP contribution is -2.31. The van der Waals surface area contributed by atoms with Gasteiger partial charge in [0, 0.05) is 24.9 Å². The van der Waals surface area contributed by atoms with Crippen molar-refractivity contribution < 1.29 is 0 Å². The number of hydrogen-bond donors (Lipinski definition) is 1. The highest BCUT2D eigenvalue weighted by atomic mass is 15.3. The van der Waals surface area contributed by atoms with E-state index < -0.39 is 0 Å². The third-order valence-electron chi connectivity index (χ3n) is 2.73. The molecule has 1 aromatic heterocycles. The van der Waals surface area contributed by atoms with Gasteiger partial charge in [0.15, 0.2) is 0 Å². The summed E-state index contributed by atoms with van der Waals surface area (Å²) in [6.45, 7) is 5.90. The van der Waals surface area contributed by atoms with Crippen molar-refractivity contribution in [3.8, 4) is 0 Å². The van der Waals surface area contributed by atoms with Gasteiger partial charge in [-0.25, -0.2) is 0 Å². The first-order chi connectivity index (χ1) is 6.15. The Kier molecular flexibility index (Phi) is 1.87. The smallest absolute Gasteiger partial charge is 0.139 e. The van der Waals surface area contributed by atoms with Crippen LogP contribution in [0.2, 0.25) is 0 Å². The van der Waals surface area contributed by atoms with E-state index in [1.54, 1.807) is 0 Å². The number of aromatic nitrogens is 3. The van der Waals surface area contributed by atoms with Gasteiger partial charge in [-0.1, -0.05) is 13.8 Å². The maximum atomic E-state index is 5.71. The van der Waals surface area contributed by atoms with Crippen molar-refractivity contribution in [2.75, 3.05) is 6.54 Å². The van der Waals surface area contributed by atoms with Crippen LogP contribution in [-0.2, 0) is 18.4 Å². The molecule has 0 saturated heterocycles. The zero-order valence-electron chi connectivity index (χ0n) is 8.25. The summed E-state index contributed by atoms with van der Waals surface area (Å²) in [6.07, 6.45) is 2.26. The molecule has 0 bridgehead atoms. The van der Waals surface area contributed by atoms with Crippen molar-refractivity contribution in [2.24, 2.45) is 5.73 Å². The van der Waals surface area contributed by atoms with Crippen LogP contribution >= 0.6 is 0 Å². The first kappa shape index (κ1) is 8.69. The number of aryl methyl sites for hydroxylation is 1. The maximum absolute atomic E-state index is 5.71. The number of nitrogens with two attached hydrogens (primary N) is 1. The third-order valence-corrected chi connectivity index (χ3v) is 2.73. The molecule has 0 aromatic carbocycles. The molecule has 2 N–H and O–H groups in total. The van der Waals surface area contributed by atoms with E-state index >= 15 is 0 Å². The molecule has 72 valence electrons. The summed E-state index contributed by atoms with van der Waals surface area (Å²) in [7, 11) is 0. The highest BCUT2D eigenvalue weighted by molar-refractivity contribution is 5.10. The van der Waals surface area contributed by atoms with Gasteiger partial charge in [-0.2, -0.15) is 0 Å². The van der Waals surface area contributed by atoms with E-state index in [4.69, 9.17) is 5.73 Å². The molecule has 0 atom stereocenters. The lowest BCUT2D eigenvalue weighted by molar-refractivity contribution is 0.471. The van der Waals surface area contributed by atoms with Crippen LogP contribution in [0.25, 0.3) is 0 Å². The summed E-state index contributed by atoms with van der Waals surface area (Å²) in [5.41, 5.74) is 5.66. The summed E-state index contributed by atoms with van der Waals surface area (Å²) in [5, 5.41) is 8.38. The highest BCUT2D eigenvalue weighted by Crippen LogP contribution is 2.24. The van der Waals surface area contributed by atoms with E-state index in [1.807, 2.05) is 0 Å². The van der Waals surface area contributed by atoms with Crippen molar-refractivity contribution in [1.82, 2.24) is 14.8 Å². The molecule has 0 amide bonds. The van der Waals surface area contributed by atoms with Gasteiger partial charge in [-0.05, 0) is 6.42 Å². The van der Waals surface area contributed by atoms with Gasteiger partial charge in [0.25, 0.3) is 0 Å². The van der Waals surface area contributed by atoms with E-state index in [9.17, 15) is 0 Å². The van der Waals surface area contributed by atoms with Gasteiger partial charge < -0.3 is 10.3 Å². The Hall–Kier alpha value is -0.900. The van der Waals surface area contributed by atoms with Crippen LogP contribution < -0.4 is 5.73 Å². The maximum Gasteiger partial charge on any atom is 0.139 e. The van der Waals surface area contributed by atoms with Gasteiger partial charge in [-0.3, -0.25) is 0 Å². The molecule has 13 heavy (non-hydrogen) atoms. The van der Waals surface area contributed by atoms with E-state index in [0.717, 1.165) is 24.6 Å². The average molecular weight is 180 g/mol. The molecule has 0 radical (unpaired) electrons. The van der Waals surface area contributed by atoms with Gasteiger partial charge in [0.1, 0.15) is 11.6 Å². The van der Waals surface area contributed by atoms with E-state index in [-0.39, 0.29) is 5.41 Å². The minimum absolute atomic E-state index is 0.0460.